The number of carbonyl (C=O) groups is 1. The highest BCUT2D eigenvalue weighted by Gasteiger charge is 1.97. The average Bonchev–Trinajstić information content (AvgIpc) is 1.98. The zero-order valence-corrected chi connectivity index (χ0v) is 5.87. The van der Waals surface area contributed by atoms with E-state index in [-0.39, 0.29) is 12.4 Å². The minimum absolute atomic E-state index is 0.208. The van der Waals surface area contributed by atoms with Crippen molar-refractivity contribution in [1.82, 2.24) is 0 Å². The lowest BCUT2D eigenvalue weighted by Crippen LogP contribution is -2.00. The van der Waals surface area contributed by atoms with Gasteiger partial charge in [0.2, 0.25) is 0 Å². The van der Waals surface area contributed by atoms with Crippen LogP contribution in [-0.2, 0) is 9.63 Å². The summed E-state index contributed by atoms with van der Waals surface area (Å²) in [5.41, 5.74) is 0. The molecule has 5 nitrogen and oxygen atoms in total. The van der Waals surface area contributed by atoms with E-state index in [4.69, 9.17) is 11.8 Å². The predicted molar refractivity (Wildman–Crippen MR) is 36.3 cm³/mol. The molecule has 11 heavy (non-hydrogen) atoms. The molecule has 0 saturated carbocycles. The van der Waals surface area contributed by atoms with Crippen molar-refractivity contribution < 1.29 is 9.63 Å². The zero-order valence-electron chi connectivity index (χ0n) is 5.87. The van der Waals surface area contributed by atoms with E-state index in [9.17, 15) is 4.79 Å². The van der Waals surface area contributed by atoms with Gasteiger partial charge in [0.1, 0.15) is 6.07 Å². The Labute approximate surface area is 63.7 Å². The van der Waals surface area contributed by atoms with Crippen molar-refractivity contribution in [1.29, 1.82) is 5.26 Å². The van der Waals surface area contributed by atoms with Gasteiger partial charge in [-0.3, -0.25) is 4.79 Å². The molecule has 0 rings (SSSR count). The second-order valence-corrected chi connectivity index (χ2v) is 1.61. The highest BCUT2D eigenvalue weighted by molar-refractivity contribution is 6.03. The molecule has 0 atom stereocenters. The van der Waals surface area contributed by atoms with Crippen LogP contribution in [0.3, 0.4) is 0 Å². The molecule has 0 N–H and O–H groups in total. The molecule has 0 radical (unpaired) electrons. The quantitative estimate of drug-likeness (QED) is 0.253. The standard InChI is InChI=1S/C6H5N3O2/c1-5(10)4-11-9-6(3-7)8-2/h4H2,1H3/b9-6+. The minimum Gasteiger partial charge on any atom is -0.348 e. The van der Waals surface area contributed by atoms with Gasteiger partial charge < -0.3 is 9.68 Å². The van der Waals surface area contributed by atoms with Crippen molar-refractivity contribution in [3.8, 4) is 6.07 Å². The zero-order chi connectivity index (χ0) is 8.69. The molecule has 0 aliphatic carbocycles. The number of amidine groups is 1. The topological polar surface area (TPSA) is 66.8 Å². The van der Waals surface area contributed by atoms with E-state index in [1.807, 2.05) is 0 Å². The van der Waals surface area contributed by atoms with Gasteiger partial charge in [-0.2, -0.15) is 0 Å². The summed E-state index contributed by atoms with van der Waals surface area (Å²) in [5.74, 6) is -0.623. The first-order chi connectivity index (χ1) is 5.20. The molecule has 0 heterocycles. The van der Waals surface area contributed by atoms with Crippen molar-refractivity contribution in [2.45, 2.75) is 6.92 Å². The average molecular weight is 151 g/mol. The number of hydrogen-bond donors (Lipinski definition) is 0. The molecule has 0 saturated heterocycles. The van der Waals surface area contributed by atoms with Crippen LogP contribution in [-0.4, -0.2) is 18.2 Å². The van der Waals surface area contributed by atoms with E-state index in [0.717, 1.165) is 0 Å². The van der Waals surface area contributed by atoms with Crippen LogP contribution < -0.4 is 0 Å². The third kappa shape index (κ3) is 4.61. The first-order valence-electron chi connectivity index (χ1n) is 2.67. The maximum absolute atomic E-state index is 10.2. The summed E-state index contributed by atoms with van der Waals surface area (Å²) in [6.45, 7) is 7.46. The number of oxime groups is 1. The van der Waals surface area contributed by atoms with Crippen molar-refractivity contribution in [3.05, 3.63) is 11.4 Å². The largest absolute Gasteiger partial charge is 0.392 e. The fraction of sp³-hybridized carbons (Fsp3) is 0.333. The first kappa shape index (κ1) is 9.12. The van der Waals surface area contributed by atoms with Crippen molar-refractivity contribution in [2.24, 2.45) is 5.16 Å². The van der Waals surface area contributed by atoms with Crippen LogP contribution in [0.25, 0.3) is 4.85 Å². The molecule has 0 fully saturated rings. The summed E-state index contributed by atoms with van der Waals surface area (Å²) in [7, 11) is 0. The molecule has 0 aromatic rings. The van der Waals surface area contributed by atoms with Crippen LogP contribution in [0.5, 0.6) is 0 Å². The van der Waals surface area contributed by atoms with Crippen LogP contribution in [0.4, 0.5) is 0 Å². The Kier molecular flexibility index (Phi) is 4.10. The van der Waals surface area contributed by atoms with E-state index in [0.29, 0.717) is 0 Å². The van der Waals surface area contributed by atoms with E-state index in [1.165, 1.54) is 13.0 Å². The molecular weight excluding hydrogens is 146 g/mol. The summed E-state index contributed by atoms with van der Waals surface area (Å²) in [6, 6.07) is 1.48. The van der Waals surface area contributed by atoms with Crippen molar-refractivity contribution in [3.63, 3.8) is 0 Å². The summed E-state index contributed by atoms with van der Waals surface area (Å²) in [5, 5.41) is 11.2. The Morgan fingerprint density at radius 2 is 2.55 bits per heavy atom. The van der Waals surface area contributed by atoms with Gasteiger partial charge in [-0.15, -0.1) is 0 Å². The van der Waals surface area contributed by atoms with Crippen molar-refractivity contribution >= 4 is 11.6 Å². The van der Waals surface area contributed by atoms with Crippen LogP contribution >= 0.6 is 0 Å². The summed E-state index contributed by atoms with van der Waals surface area (Å²) in [4.78, 5) is 17.3. The lowest BCUT2D eigenvalue weighted by atomic mass is 10.5. The van der Waals surface area contributed by atoms with E-state index in [2.05, 4.69) is 14.8 Å². The fourth-order valence-electron chi connectivity index (χ4n) is 0.250. The van der Waals surface area contributed by atoms with Gasteiger partial charge in [-0.25, -0.2) is 5.26 Å². The van der Waals surface area contributed by atoms with Crippen LogP contribution in [0.15, 0.2) is 5.16 Å². The number of hydrogen-bond acceptors (Lipinski definition) is 4. The molecule has 0 spiro atoms. The molecule has 5 heteroatoms. The molecule has 0 amide bonds. The number of nitriles is 1. The first-order valence-corrected chi connectivity index (χ1v) is 2.67. The molecular formula is C6H5N3O2. The lowest BCUT2D eigenvalue weighted by Gasteiger charge is -1.85. The van der Waals surface area contributed by atoms with Gasteiger partial charge in [-0.1, -0.05) is 6.57 Å². The summed E-state index contributed by atoms with van der Waals surface area (Å²) < 4.78 is 0. The Bertz CT molecular complexity index is 240. The Hall–Kier alpha value is -1.88. The molecule has 0 aliphatic heterocycles. The van der Waals surface area contributed by atoms with Gasteiger partial charge in [0, 0.05) is 0 Å². The molecule has 0 bridgehead atoms. The van der Waals surface area contributed by atoms with Gasteiger partial charge in [-0.05, 0) is 6.92 Å². The molecule has 0 aromatic carbocycles. The number of nitrogens with zero attached hydrogens (tertiary/aromatic N) is 3. The lowest BCUT2D eigenvalue weighted by molar-refractivity contribution is -0.121. The minimum atomic E-state index is -0.411. The Balaban J connectivity index is 3.86. The van der Waals surface area contributed by atoms with Crippen LogP contribution in [0, 0.1) is 17.9 Å². The van der Waals surface area contributed by atoms with Gasteiger partial charge in [0.15, 0.2) is 12.4 Å². The second-order valence-electron chi connectivity index (χ2n) is 1.61. The van der Waals surface area contributed by atoms with Crippen molar-refractivity contribution in [2.75, 3.05) is 6.61 Å². The molecule has 0 unspecified atom stereocenters. The van der Waals surface area contributed by atoms with E-state index >= 15 is 0 Å². The highest BCUT2D eigenvalue weighted by atomic mass is 16.6. The van der Waals surface area contributed by atoms with E-state index < -0.39 is 5.84 Å². The molecule has 0 aromatic heterocycles. The maximum atomic E-state index is 10.2. The summed E-state index contributed by atoms with van der Waals surface area (Å²) >= 11 is 0. The predicted octanol–water partition coefficient (Wildman–Crippen LogP) is 0.348. The normalized spacial score (nSPS) is 9.55. The number of Topliss-reactive ketones (excluding diaryl/α,β-unsaturated/α-hetero) is 1. The smallest absolute Gasteiger partial charge is 0.348 e. The van der Waals surface area contributed by atoms with Gasteiger partial charge >= 0.3 is 5.84 Å². The summed E-state index contributed by atoms with van der Waals surface area (Å²) in [6.07, 6.45) is 0. The SMILES string of the molecule is [C-]#[N+]/C(C#N)=N/OCC(C)=O. The fourth-order valence-corrected chi connectivity index (χ4v) is 0.250. The Morgan fingerprint density at radius 1 is 1.91 bits per heavy atom. The van der Waals surface area contributed by atoms with Gasteiger partial charge in [0.25, 0.3) is 0 Å². The third-order valence-corrected chi connectivity index (χ3v) is 0.625. The number of rotatable bonds is 3. The molecule has 0 aliphatic rings. The van der Waals surface area contributed by atoms with E-state index in [1.54, 1.807) is 0 Å². The Morgan fingerprint density at radius 3 is 2.91 bits per heavy atom. The van der Waals surface area contributed by atoms with Crippen LogP contribution in [0.2, 0.25) is 0 Å². The van der Waals surface area contributed by atoms with Gasteiger partial charge in [0.05, 0.1) is 5.16 Å². The number of carbonyl (C=O) groups excluding carboxylic acids is 1. The van der Waals surface area contributed by atoms with Crippen LogP contribution in [0.1, 0.15) is 6.92 Å². The molecule has 56 valence electrons. The highest BCUT2D eigenvalue weighted by Crippen LogP contribution is 1.82. The number of ketones is 1. The third-order valence-electron chi connectivity index (χ3n) is 0.625. The second kappa shape index (κ2) is 4.95. The maximum Gasteiger partial charge on any atom is 0.392 e. The monoisotopic (exact) mass is 151 g/mol.